The molecular weight excluding hydrogens is 248 g/mol. The third-order valence-corrected chi connectivity index (χ3v) is 2.96. The van der Waals surface area contributed by atoms with Crippen LogP contribution < -0.4 is 10.1 Å². The summed E-state index contributed by atoms with van der Waals surface area (Å²) >= 11 is 0. The minimum absolute atomic E-state index is 0.0771. The van der Waals surface area contributed by atoms with Crippen LogP contribution >= 0.6 is 0 Å². The molecule has 0 fully saturated rings. The third-order valence-electron chi connectivity index (χ3n) is 2.96. The molecule has 0 saturated heterocycles. The molecule has 0 spiro atoms. The monoisotopic (exact) mass is 263 g/mol. The molecule has 2 aromatic carbocycles. The lowest BCUT2D eigenvalue weighted by molar-refractivity contribution is 0.382. The lowest BCUT2D eigenvalue weighted by atomic mass is 10.0. The molecule has 0 radical (unpaired) electrons. The van der Waals surface area contributed by atoms with Gasteiger partial charge in [0, 0.05) is 25.2 Å². The SMILES string of the molecule is CNc1ccc(Cc2cc(F)c(OC)cc2F)cc1. The molecule has 19 heavy (non-hydrogen) atoms. The summed E-state index contributed by atoms with van der Waals surface area (Å²) in [5.41, 5.74) is 2.21. The predicted octanol–water partition coefficient (Wildman–Crippen LogP) is 3.61. The van der Waals surface area contributed by atoms with Crippen molar-refractivity contribution in [2.24, 2.45) is 0 Å². The minimum Gasteiger partial charge on any atom is -0.494 e. The van der Waals surface area contributed by atoms with Gasteiger partial charge in [-0.15, -0.1) is 0 Å². The van der Waals surface area contributed by atoms with E-state index in [2.05, 4.69) is 5.32 Å². The molecule has 2 aromatic rings. The Balaban J connectivity index is 2.25. The Hall–Kier alpha value is -2.10. The molecule has 100 valence electrons. The normalized spacial score (nSPS) is 10.3. The molecule has 0 amide bonds. The highest BCUT2D eigenvalue weighted by Crippen LogP contribution is 2.23. The summed E-state index contributed by atoms with van der Waals surface area (Å²) in [5, 5.41) is 3.00. The Morgan fingerprint density at radius 2 is 1.74 bits per heavy atom. The van der Waals surface area contributed by atoms with Crippen LogP contribution in [0.1, 0.15) is 11.1 Å². The zero-order valence-corrected chi connectivity index (χ0v) is 10.8. The fourth-order valence-corrected chi connectivity index (χ4v) is 1.87. The van der Waals surface area contributed by atoms with Gasteiger partial charge in [-0.2, -0.15) is 0 Å². The number of hydrogen-bond acceptors (Lipinski definition) is 2. The van der Waals surface area contributed by atoms with Crippen molar-refractivity contribution >= 4 is 5.69 Å². The topological polar surface area (TPSA) is 21.3 Å². The third kappa shape index (κ3) is 3.02. The fraction of sp³-hybridized carbons (Fsp3) is 0.200. The van der Waals surface area contributed by atoms with E-state index in [0.29, 0.717) is 12.0 Å². The van der Waals surface area contributed by atoms with E-state index >= 15 is 0 Å². The van der Waals surface area contributed by atoms with Crippen molar-refractivity contribution in [3.63, 3.8) is 0 Å². The molecule has 0 bridgehead atoms. The van der Waals surface area contributed by atoms with Crippen LogP contribution in [-0.2, 0) is 6.42 Å². The minimum atomic E-state index is -0.550. The van der Waals surface area contributed by atoms with Gasteiger partial charge in [0.15, 0.2) is 11.6 Å². The van der Waals surface area contributed by atoms with E-state index in [0.717, 1.165) is 17.3 Å². The summed E-state index contributed by atoms with van der Waals surface area (Å²) < 4.78 is 32.1. The summed E-state index contributed by atoms with van der Waals surface area (Å²) in [7, 11) is 3.14. The van der Waals surface area contributed by atoms with Crippen molar-refractivity contribution in [3.8, 4) is 5.75 Å². The van der Waals surface area contributed by atoms with Crippen molar-refractivity contribution in [3.05, 3.63) is 59.2 Å². The van der Waals surface area contributed by atoms with Gasteiger partial charge in [-0.05, 0) is 29.3 Å². The van der Waals surface area contributed by atoms with Crippen LogP contribution in [0.5, 0.6) is 5.75 Å². The summed E-state index contributed by atoms with van der Waals surface area (Å²) in [6.07, 6.45) is 0.344. The van der Waals surface area contributed by atoms with E-state index in [-0.39, 0.29) is 5.75 Å². The van der Waals surface area contributed by atoms with Crippen LogP contribution in [0.4, 0.5) is 14.5 Å². The van der Waals surface area contributed by atoms with E-state index in [9.17, 15) is 8.78 Å². The number of halogens is 2. The van der Waals surface area contributed by atoms with Crippen molar-refractivity contribution < 1.29 is 13.5 Å². The first-order valence-corrected chi connectivity index (χ1v) is 5.92. The van der Waals surface area contributed by atoms with Gasteiger partial charge in [-0.1, -0.05) is 12.1 Å². The first-order valence-electron chi connectivity index (χ1n) is 5.92. The smallest absolute Gasteiger partial charge is 0.165 e. The first kappa shape index (κ1) is 13.3. The molecular formula is C15H15F2NO. The first-order chi connectivity index (χ1) is 9.13. The van der Waals surface area contributed by atoms with Gasteiger partial charge in [-0.3, -0.25) is 0 Å². The molecule has 0 unspecified atom stereocenters. The van der Waals surface area contributed by atoms with Crippen LogP contribution in [-0.4, -0.2) is 14.2 Å². The summed E-state index contributed by atoms with van der Waals surface area (Å²) in [6, 6.07) is 9.81. The van der Waals surface area contributed by atoms with Crippen molar-refractivity contribution in [1.29, 1.82) is 0 Å². The number of hydrogen-bond donors (Lipinski definition) is 1. The Labute approximate surface area is 111 Å². The van der Waals surface area contributed by atoms with Crippen molar-refractivity contribution in [1.82, 2.24) is 0 Å². The highest BCUT2D eigenvalue weighted by atomic mass is 19.1. The second-order valence-corrected chi connectivity index (χ2v) is 4.20. The van der Waals surface area contributed by atoms with E-state index < -0.39 is 11.6 Å². The van der Waals surface area contributed by atoms with Gasteiger partial charge in [0.1, 0.15) is 5.82 Å². The molecule has 0 heterocycles. The maximum atomic E-state index is 13.8. The van der Waals surface area contributed by atoms with Gasteiger partial charge in [0.25, 0.3) is 0 Å². The van der Waals surface area contributed by atoms with Crippen molar-refractivity contribution in [2.75, 3.05) is 19.5 Å². The maximum Gasteiger partial charge on any atom is 0.165 e. The Bertz CT molecular complexity index is 567. The summed E-state index contributed by atoms with van der Waals surface area (Å²) in [5.74, 6) is -1.09. The molecule has 0 atom stereocenters. The van der Waals surface area contributed by atoms with Crippen LogP contribution in [0.15, 0.2) is 36.4 Å². The number of benzene rings is 2. The lowest BCUT2D eigenvalue weighted by Crippen LogP contribution is -1.97. The van der Waals surface area contributed by atoms with E-state index in [1.54, 1.807) is 0 Å². The number of nitrogens with one attached hydrogen (secondary N) is 1. The molecule has 2 rings (SSSR count). The van der Waals surface area contributed by atoms with E-state index in [1.807, 2.05) is 31.3 Å². The van der Waals surface area contributed by atoms with Gasteiger partial charge in [0.2, 0.25) is 0 Å². The number of anilines is 1. The molecule has 0 aromatic heterocycles. The van der Waals surface area contributed by atoms with Crippen LogP contribution in [0.25, 0.3) is 0 Å². The Morgan fingerprint density at radius 1 is 1.05 bits per heavy atom. The maximum absolute atomic E-state index is 13.8. The second kappa shape index (κ2) is 5.69. The zero-order chi connectivity index (χ0) is 13.8. The number of rotatable bonds is 4. The van der Waals surface area contributed by atoms with Gasteiger partial charge in [-0.25, -0.2) is 8.78 Å². The van der Waals surface area contributed by atoms with Crippen LogP contribution in [0, 0.1) is 11.6 Å². The zero-order valence-electron chi connectivity index (χ0n) is 10.8. The predicted molar refractivity (Wildman–Crippen MR) is 71.7 cm³/mol. The molecule has 1 N–H and O–H groups in total. The molecule has 0 aliphatic heterocycles. The Kier molecular flexibility index (Phi) is 4.00. The highest BCUT2D eigenvalue weighted by molar-refractivity contribution is 5.45. The summed E-state index contributed by atoms with van der Waals surface area (Å²) in [6.45, 7) is 0. The average Bonchev–Trinajstić information content (AvgIpc) is 2.43. The fourth-order valence-electron chi connectivity index (χ4n) is 1.87. The van der Waals surface area contributed by atoms with Crippen LogP contribution in [0.3, 0.4) is 0 Å². The second-order valence-electron chi connectivity index (χ2n) is 4.20. The van der Waals surface area contributed by atoms with E-state index in [4.69, 9.17) is 4.74 Å². The van der Waals surface area contributed by atoms with Gasteiger partial charge < -0.3 is 10.1 Å². The Morgan fingerprint density at radius 3 is 2.32 bits per heavy atom. The molecule has 2 nitrogen and oxygen atoms in total. The lowest BCUT2D eigenvalue weighted by Gasteiger charge is -2.08. The van der Waals surface area contributed by atoms with Crippen LogP contribution in [0.2, 0.25) is 0 Å². The highest BCUT2D eigenvalue weighted by Gasteiger charge is 2.10. The number of methoxy groups -OCH3 is 1. The molecule has 0 aliphatic carbocycles. The van der Waals surface area contributed by atoms with Gasteiger partial charge >= 0.3 is 0 Å². The van der Waals surface area contributed by atoms with Crippen molar-refractivity contribution in [2.45, 2.75) is 6.42 Å². The standard InChI is InChI=1S/C15H15F2NO/c1-18-12-5-3-10(4-6-12)7-11-8-14(17)15(19-2)9-13(11)16/h3-6,8-9,18H,7H2,1-2H3. The van der Waals surface area contributed by atoms with E-state index in [1.165, 1.54) is 13.2 Å². The molecule has 0 aliphatic rings. The van der Waals surface area contributed by atoms with Gasteiger partial charge in [0.05, 0.1) is 7.11 Å². The summed E-state index contributed by atoms with van der Waals surface area (Å²) in [4.78, 5) is 0. The average molecular weight is 263 g/mol. The number of ether oxygens (including phenoxy) is 1. The largest absolute Gasteiger partial charge is 0.494 e. The molecule has 0 saturated carbocycles. The molecule has 4 heteroatoms. The quantitative estimate of drug-likeness (QED) is 0.910.